The summed E-state index contributed by atoms with van der Waals surface area (Å²) in [6, 6.07) is 20.4. The maximum absolute atomic E-state index is 3.57. The Bertz CT molecular complexity index is 849. The maximum atomic E-state index is 3.57. The number of hydrogen-bond acceptors (Lipinski definition) is 2. The van der Waals surface area contributed by atoms with E-state index in [-0.39, 0.29) is 0 Å². The van der Waals surface area contributed by atoms with Crippen molar-refractivity contribution in [1.29, 1.82) is 0 Å². The molecule has 22 heavy (non-hydrogen) atoms. The average molecular weight is 289 g/mol. The van der Waals surface area contributed by atoms with Crippen LogP contribution in [0.2, 0.25) is 0 Å². The minimum absolute atomic E-state index is 0.421. The Labute approximate surface area is 130 Å². The van der Waals surface area contributed by atoms with Crippen molar-refractivity contribution in [3.63, 3.8) is 0 Å². The van der Waals surface area contributed by atoms with E-state index in [4.69, 9.17) is 0 Å². The first kappa shape index (κ1) is 12.3. The number of para-hydroxylation sites is 2. The molecule has 1 unspecified atom stereocenters. The maximum Gasteiger partial charge on any atom is 0.0818 e. The van der Waals surface area contributed by atoms with E-state index >= 15 is 0 Å². The van der Waals surface area contributed by atoms with Crippen molar-refractivity contribution in [2.45, 2.75) is 12.6 Å². The molecule has 3 heterocycles. The molecule has 3 aromatic rings. The molecule has 2 aliphatic heterocycles. The Hall–Kier alpha value is -2.26. The lowest BCUT2D eigenvalue weighted by Gasteiger charge is -2.37. The van der Waals surface area contributed by atoms with Gasteiger partial charge >= 0.3 is 0 Å². The number of fused-ring (bicyclic) bond motifs is 7. The number of nitrogens with zero attached hydrogens (tertiary/aromatic N) is 2. The lowest BCUT2D eigenvalue weighted by Crippen LogP contribution is -2.46. The van der Waals surface area contributed by atoms with Gasteiger partial charge in [0.2, 0.25) is 0 Å². The molecular formula is C19H19N3. The molecular weight excluding hydrogens is 270 g/mol. The number of hydrogen-bond donors (Lipinski definition) is 1. The van der Waals surface area contributed by atoms with E-state index in [1.165, 1.54) is 27.8 Å². The number of piperazine rings is 1. The average Bonchev–Trinajstić information content (AvgIpc) is 2.87. The van der Waals surface area contributed by atoms with Crippen molar-refractivity contribution in [2.75, 3.05) is 24.5 Å². The Morgan fingerprint density at radius 1 is 1.00 bits per heavy atom. The van der Waals surface area contributed by atoms with Crippen molar-refractivity contribution in [3.05, 3.63) is 65.9 Å². The zero-order valence-corrected chi connectivity index (χ0v) is 12.5. The van der Waals surface area contributed by atoms with Gasteiger partial charge in [-0.2, -0.15) is 0 Å². The van der Waals surface area contributed by atoms with Crippen LogP contribution < -0.4 is 10.2 Å². The van der Waals surface area contributed by atoms with Crippen LogP contribution in [0.5, 0.6) is 0 Å². The summed E-state index contributed by atoms with van der Waals surface area (Å²) in [5.41, 5.74) is 5.61. The molecule has 1 saturated heterocycles. The Kier molecular flexibility index (Phi) is 2.58. The first-order valence-electron chi connectivity index (χ1n) is 8.05. The summed E-state index contributed by atoms with van der Waals surface area (Å²) in [5, 5.41) is 4.92. The molecule has 0 radical (unpaired) electrons. The van der Waals surface area contributed by atoms with E-state index in [1.807, 2.05) is 0 Å². The lowest BCUT2D eigenvalue weighted by atomic mass is 10.1. The molecule has 1 atom stereocenters. The van der Waals surface area contributed by atoms with Gasteiger partial charge in [0.05, 0.1) is 6.04 Å². The number of benzene rings is 2. The van der Waals surface area contributed by atoms with E-state index in [0.717, 1.165) is 26.2 Å². The highest BCUT2D eigenvalue weighted by molar-refractivity contribution is 5.82. The monoisotopic (exact) mass is 289 g/mol. The summed E-state index contributed by atoms with van der Waals surface area (Å²) in [7, 11) is 0. The van der Waals surface area contributed by atoms with E-state index < -0.39 is 0 Å². The molecule has 0 aliphatic carbocycles. The molecule has 2 aromatic carbocycles. The van der Waals surface area contributed by atoms with Crippen LogP contribution in [0.25, 0.3) is 10.9 Å². The fraction of sp³-hybridized carbons (Fsp3) is 0.263. The predicted molar refractivity (Wildman–Crippen MR) is 90.4 cm³/mol. The second kappa shape index (κ2) is 4.62. The van der Waals surface area contributed by atoms with Crippen LogP contribution in [0.1, 0.15) is 17.3 Å². The predicted octanol–water partition coefficient (Wildman–Crippen LogP) is 3.15. The fourth-order valence-electron chi connectivity index (χ4n) is 4.04. The zero-order chi connectivity index (χ0) is 14.5. The van der Waals surface area contributed by atoms with Gasteiger partial charge in [-0.1, -0.05) is 36.4 Å². The van der Waals surface area contributed by atoms with Gasteiger partial charge in [-0.25, -0.2) is 0 Å². The highest BCUT2D eigenvalue weighted by atomic mass is 15.3. The van der Waals surface area contributed by atoms with Gasteiger partial charge in [-0.15, -0.1) is 0 Å². The van der Waals surface area contributed by atoms with E-state index in [9.17, 15) is 0 Å². The SMILES string of the molecule is c1ccc2c(c1)Cn1c(cc3ccccc31)C1CNCCN21. The largest absolute Gasteiger partial charge is 0.360 e. The van der Waals surface area contributed by atoms with E-state index in [1.54, 1.807) is 0 Å². The summed E-state index contributed by atoms with van der Waals surface area (Å²) in [6.45, 7) is 4.12. The molecule has 3 nitrogen and oxygen atoms in total. The van der Waals surface area contributed by atoms with Gasteiger partial charge in [0.1, 0.15) is 0 Å². The van der Waals surface area contributed by atoms with Gasteiger partial charge in [0.15, 0.2) is 0 Å². The molecule has 1 N–H and O–H groups in total. The van der Waals surface area contributed by atoms with Gasteiger partial charge < -0.3 is 14.8 Å². The summed E-state index contributed by atoms with van der Waals surface area (Å²) >= 11 is 0. The van der Waals surface area contributed by atoms with Crippen LogP contribution in [-0.2, 0) is 6.54 Å². The van der Waals surface area contributed by atoms with Gasteiger partial charge in [0.25, 0.3) is 0 Å². The van der Waals surface area contributed by atoms with E-state index in [2.05, 4.69) is 69.4 Å². The molecule has 5 rings (SSSR count). The lowest BCUT2D eigenvalue weighted by molar-refractivity contribution is 0.479. The van der Waals surface area contributed by atoms with Crippen molar-refractivity contribution in [3.8, 4) is 0 Å². The summed E-state index contributed by atoms with van der Waals surface area (Å²) in [4.78, 5) is 2.59. The number of anilines is 1. The number of nitrogens with one attached hydrogen (secondary N) is 1. The van der Waals surface area contributed by atoms with E-state index in [0.29, 0.717) is 6.04 Å². The minimum atomic E-state index is 0.421. The van der Waals surface area contributed by atoms with Crippen molar-refractivity contribution in [1.82, 2.24) is 9.88 Å². The standard InChI is InChI=1S/C19H19N3/c1-3-7-16-14(5-1)11-18-19-12-20-9-10-21(19)17-8-4-2-6-15(17)13-22(16)18/h1-8,11,19-20H,9-10,12-13H2. The van der Waals surface area contributed by atoms with Crippen LogP contribution in [0.15, 0.2) is 54.6 Å². The first-order chi connectivity index (χ1) is 10.9. The topological polar surface area (TPSA) is 20.2 Å². The molecule has 2 aliphatic rings. The quantitative estimate of drug-likeness (QED) is 0.686. The third-order valence-corrected chi connectivity index (χ3v) is 5.06. The fourth-order valence-corrected chi connectivity index (χ4v) is 4.04. The highest BCUT2D eigenvalue weighted by Crippen LogP contribution is 2.37. The minimum Gasteiger partial charge on any atom is -0.360 e. The highest BCUT2D eigenvalue weighted by Gasteiger charge is 2.31. The summed E-state index contributed by atoms with van der Waals surface area (Å²) in [5.74, 6) is 0. The third-order valence-electron chi connectivity index (χ3n) is 5.06. The molecule has 0 saturated carbocycles. The molecule has 0 amide bonds. The third kappa shape index (κ3) is 1.66. The second-order valence-corrected chi connectivity index (χ2v) is 6.26. The molecule has 1 aromatic heterocycles. The van der Waals surface area contributed by atoms with Crippen molar-refractivity contribution in [2.24, 2.45) is 0 Å². The molecule has 1 fully saturated rings. The van der Waals surface area contributed by atoms with Gasteiger partial charge in [-0.05, 0) is 29.1 Å². The first-order valence-corrected chi connectivity index (χ1v) is 8.05. The Morgan fingerprint density at radius 2 is 1.86 bits per heavy atom. The second-order valence-electron chi connectivity index (χ2n) is 6.26. The van der Waals surface area contributed by atoms with Crippen LogP contribution >= 0.6 is 0 Å². The number of aromatic nitrogens is 1. The van der Waals surface area contributed by atoms with Crippen molar-refractivity contribution < 1.29 is 0 Å². The summed E-state index contributed by atoms with van der Waals surface area (Å²) in [6.07, 6.45) is 0. The van der Waals surface area contributed by atoms with Crippen molar-refractivity contribution >= 4 is 16.6 Å². The normalized spacial score (nSPS) is 20.2. The Balaban J connectivity index is 1.80. The summed E-state index contributed by atoms with van der Waals surface area (Å²) < 4.78 is 2.51. The molecule has 110 valence electrons. The van der Waals surface area contributed by atoms with Crippen LogP contribution in [0.3, 0.4) is 0 Å². The van der Waals surface area contributed by atoms with Gasteiger partial charge in [-0.3, -0.25) is 0 Å². The van der Waals surface area contributed by atoms with Gasteiger partial charge in [0, 0.05) is 43.1 Å². The zero-order valence-electron chi connectivity index (χ0n) is 12.5. The van der Waals surface area contributed by atoms with Crippen LogP contribution in [-0.4, -0.2) is 24.2 Å². The molecule has 0 spiro atoms. The number of rotatable bonds is 0. The Morgan fingerprint density at radius 3 is 2.86 bits per heavy atom. The van der Waals surface area contributed by atoms with Crippen LogP contribution in [0.4, 0.5) is 5.69 Å². The molecule has 0 bridgehead atoms. The smallest absolute Gasteiger partial charge is 0.0818 e. The van der Waals surface area contributed by atoms with Crippen LogP contribution in [0, 0.1) is 0 Å². The molecule has 3 heteroatoms.